The fourth-order valence-electron chi connectivity index (χ4n) is 2.35. The highest BCUT2D eigenvalue weighted by atomic mass is 16.5. The summed E-state index contributed by atoms with van der Waals surface area (Å²) in [6.07, 6.45) is -1.06. The fourth-order valence-corrected chi connectivity index (χ4v) is 2.35. The van der Waals surface area contributed by atoms with Gasteiger partial charge in [-0.2, -0.15) is 0 Å². The molecule has 3 rings (SSSR count). The molecule has 23 heavy (non-hydrogen) atoms. The van der Waals surface area contributed by atoms with E-state index in [1.165, 1.54) is 6.92 Å². The number of hydrogen-bond acceptors (Lipinski definition) is 5. The number of ether oxygens (including phenoxy) is 1. The zero-order chi connectivity index (χ0) is 16.4. The van der Waals surface area contributed by atoms with Gasteiger partial charge in [-0.1, -0.05) is 24.3 Å². The van der Waals surface area contributed by atoms with Gasteiger partial charge in [0.2, 0.25) is 0 Å². The predicted molar refractivity (Wildman–Crippen MR) is 81.7 cm³/mol. The lowest BCUT2D eigenvalue weighted by Crippen LogP contribution is -2.41. The minimum atomic E-state index is -1.06. The van der Waals surface area contributed by atoms with E-state index in [0.29, 0.717) is 12.1 Å². The van der Waals surface area contributed by atoms with Crippen molar-refractivity contribution in [1.29, 1.82) is 0 Å². The van der Waals surface area contributed by atoms with Gasteiger partial charge in [-0.05, 0) is 19.1 Å². The number of carbonyl (C=O) groups is 3. The van der Waals surface area contributed by atoms with E-state index in [1.54, 1.807) is 18.2 Å². The Balaban J connectivity index is 1.72. The average Bonchev–Trinajstić information content (AvgIpc) is 2.99. The third-order valence-corrected chi connectivity index (χ3v) is 3.56. The average molecular weight is 313 g/mol. The zero-order valence-corrected chi connectivity index (χ0v) is 12.5. The van der Waals surface area contributed by atoms with Crippen molar-refractivity contribution in [3.8, 4) is 0 Å². The van der Waals surface area contributed by atoms with E-state index in [1.807, 2.05) is 18.2 Å². The monoisotopic (exact) mass is 313 g/mol. The van der Waals surface area contributed by atoms with Crippen LogP contribution in [0.25, 0.3) is 10.9 Å². The number of imide groups is 1. The number of benzene rings is 1. The third kappa shape index (κ3) is 2.98. The lowest BCUT2D eigenvalue weighted by Gasteiger charge is -2.17. The first-order valence-electron chi connectivity index (χ1n) is 7.22. The molecule has 1 aliphatic rings. The Morgan fingerprint density at radius 1 is 1.26 bits per heavy atom. The summed E-state index contributed by atoms with van der Waals surface area (Å²) >= 11 is 0. The van der Waals surface area contributed by atoms with Gasteiger partial charge in [0.25, 0.3) is 5.91 Å². The van der Waals surface area contributed by atoms with Crippen molar-refractivity contribution in [2.24, 2.45) is 0 Å². The number of fused-ring (bicyclic) bond motifs is 1. The molecule has 1 aliphatic heterocycles. The van der Waals surface area contributed by atoms with Crippen LogP contribution >= 0.6 is 0 Å². The highest BCUT2D eigenvalue weighted by Crippen LogP contribution is 2.13. The molecule has 1 saturated heterocycles. The normalized spacial score (nSPS) is 15.3. The number of hydrogen-bond donors (Lipinski definition) is 1. The van der Waals surface area contributed by atoms with Crippen LogP contribution < -0.4 is 5.32 Å². The summed E-state index contributed by atoms with van der Waals surface area (Å²) in [6, 6.07) is 10.2. The number of urea groups is 1. The molecule has 1 aromatic heterocycles. The summed E-state index contributed by atoms with van der Waals surface area (Å²) in [5, 5.41) is 3.43. The fraction of sp³-hybridized carbons (Fsp3) is 0.250. The van der Waals surface area contributed by atoms with Crippen LogP contribution in [0.1, 0.15) is 17.4 Å². The standard InChI is InChI=1S/C16H15N3O4/c1-10(14(20)19-9-8-17-16(19)22)23-15(21)13-7-6-11-4-2-3-5-12(11)18-13/h2-7,10H,8-9H2,1H3,(H,17,22). The van der Waals surface area contributed by atoms with Gasteiger partial charge in [-0.3, -0.25) is 9.69 Å². The molecule has 0 spiro atoms. The number of para-hydroxylation sites is 1. The molecule has 1 aromatic carbocycles. The molecule has 1 atom stereocenters. The molecule has 0 aliphatic carbocycles. The van der Waals surface area contributed by atoms with Crippen LogP contribution in [0.15, 0.2) is 36.4 Å². The van der Waals surface area contributed by atoms with E-state index in [0.717, 1.165) is 10.3 Å². The Kier molecular flexibility index (Phi) is 3.92. The van der Waals surface area contributed by atoms with Crippen molar-refractivity contribution < 1.29 is 19.1 Å². The summed E-state index contributed by atoms with van der Waals surface area (Å²) < 4.78 is 5.14. The maximum atomic E-state index is 12.1. The SMILES string of the molecule is CC(OC(=O)c1ccc2ccccc2n1)C(=O)N1CCNC1=O. The second-order valence-electron chi connectivity index (χ2n) is 5.16. The van der Waals surface area contributed by atoms with Crippen LogP contribution in [0, 0.1) is 0 Å². The highest BCUT2D eigenvalue weighted by molar-refractivity contribution is 5.99. The van der Waals surface area contributed by atoms with E-state index < -0.39 is 24.0 Å². The number of carbonyl (C=O) groups excluding carboxylic acids is 3. The molecule has 1 unspecified atom stereocenters. The van der Waals surface area contributed by atoms with E-state index >= 15 is 0 Å². The smallest absolute Gasteiger partial charge is 0.357 e. The van der Waals surface area contributed by atoms with Gasteiger partial charge < -0.3 is 10.1 Å². The highest BCUT2D eigenvalue weighted by Gasteiger charge is 2.31. The van der Waals surface area contributed by atoms with E-state index in [9.17, 15) is 14.4 Å². The van der Waals surface area contributed by atoms with Gasteiger partial charge in [-0.25, -0.2) is 14.6 Å². The molecule has 1 N–H and O–H groups in total. The Hall–Kier alpha value is -2.96. The van der Waals surface area contributed by atoms with Crippen LogP contribution in [0.5, 0.6) is 0 Å². The van der Waals surface area contributed by atoms with Crippen LogP contribution in [-0.4, -0.2) is 47.0 Å². The molecule has 3 amide bonds. The predicted octanol–water partition coefficient (Wildman–Crippen LogP) is 1.33. The first-order chi connectivity index (χ1) is 11.1. The lowest BCUT2D eigenvalue weighted by atomic mass is 10.2. The van der Waals surface area contributed by atoms with Gasteiger partial charge in [0, 0.05) is 18.5 Å². The first kappa shape index (κ1) is 15.0. The maximum Gasteiger partial charge on any atom is 0.357 e. The number of nitrogens with one attached hydrogen (secondary N) is 1. The van der Waals surface area contributed by atoms with Gasteiger partial charge >= 0.3 is 12.0 Å². The molecule has 0 saturated carbocycles. The Morgan fingerprint density at radius 2 is 2.04 bits per heavy atom. The van der Waals surface area contributed by atoms with Crippen molar-refractivity contribution in [1.82, 2.24) is 15.2 Å². The van der Waals surface area contributed by atoms with Gasteiger partial charge in [0.05, 0.1) is 5.52 Å². The number of nitrogens with zero attached hydrogens (tertiary/aromatic N) is 2. The maximum absolute atomic E-state index is 12.1. The van der Waals surface area contributed by atoms with Crippen LogP contribution in [0.3, 0.4) is 0 Å². The van der Waals surface area contributed by atoms with Gasteiger partial charge in [-0.15, -0.1) is 0 Å². The second kappa shape index (κ2) is 6.04. The number of amides is 3. The van der Waals surface area contributed by atoms with Crippen LogP contribution in [-0.2, 0) is 9.53 Å². The molecule has 0 bridgehead atoms. The Bertz CT molecular complexity index is 790. The van der Waals surface area contributed by atoms with E-state index in [-0.39, 0.29) is 12.2 Å². The van der Waals surface area contributed by atoms with Crippen molar-refractivity contribution >= 4 is 28.8 Å². The minimum absolute atomic E-state index is 0.120. The molecular weight excluding hydrogens is 298 g/mol. The number of esters is 1. The summed E-state index contributed by atoms with van der Waals surface area (Å²) in [5.41, 5.74) is 0.786. The van der Waals surface area contributed by atoms with Gasteiger partial charge in [0.15, 0.2) is 6.10 Å². The summed E-state index contributed by atoms with van der Waals surface area (Å²) in [4.78, 5) is 41.0. The van der Waals surface area contributed by atoms with E-state index in [2.05, 4.69) is 10.3 Å². The minimum Gasteiger partial charge on any atom is -0.448 e. The topological polar surface area (TPSA) is 88.6 Å². The zero-order valence-electron chi connectivity index (χ0n) is 12.5. The Morgan fingerprint density at radius 3 is 2.78 bits per heavy atom. The lowest BCUT2D eigenvalue weighted by molar-refractivity contribution is -0.136. The molecule has 7 heteroatoms. The van der Waals surface area contributed by atoms with Crippen molar-refractivity contribution in [2.45, 2.75) is 13.0 Å². The van der Waals surface area contributed by atoms with Crippen molar-refractivity contribution in [3.05, 3.63) is 42.1 Å². The molecular formula is C16H15N3O4. The summed E-state index contributed by atoms with van der Waals surface area (Å²) in [5.74, 6) is -1.25. The van der Waals surface area contributed by atoms with Crippen molar-refractivity contribution in [3.63, 3.8) is 0 Å². The molecule has 7 nitrogen and oxygen atoms in total. The quantitative estimate of drug-likeness (QED) is 0.864. The number of pyridine rings is 1. The first-order valence-corrected chi connectivity index (χ1v) is 7.22. The molecule has 2 heterocycles. The molecule has 1 fully saturated rings. The Labute approximate surface area is 132 Å². The van der Waals surface area contributed by atoms with Gasteiger partial charge in [0.1, 0.15) is 5.69 Å². The van der Waals surface area contributed by atoms with Crippen LogP contribution in [0.4, 0.5) is 4.79 Å². The third-order valence-electron chi connectivity index (χ3n) is 3.56. The van der Waals surface area contributed by atoms with Crippen molar-refractivity contribution in [2.75, 3.05) is 13.1 Å². The number of aromatic nitrogens is 1. The second-order valence-corrected chi connectivity index (χ2v) is 5.16. The summed E-state index contributed by atoms with van der Waals surface area (Å²) in [6.45, 7) is 2.11. The molecule has 118 valence electrons. The van der Waals surface area contributed by atoms with E-state index in [4.69, 9.17) is 4.74 Å². The number of rotatable bonds is 3. The molecule has 2 aromatic rings. The van der Waals surface area contributed by atoms with Crippen LogP contribution in [0.2, 0.25) is 0 Å². The largest absolute Gasteiger partial charge is 0.448 e. The summed E-state index contributed by atoms with van der Waals surface area (Å²) in [7, 11) is 0. The molecule has 0 radical (unpaired) electrons.